The van der Waals surface area contributed by atoms with Gasteiger partial charge in [0.2, 0.25) is 0 Å². The normalized spacial score (nSPS) is 11.7. The lowest BCUT2D eigenvalue weighted by Gasteiger charge is -2.09. The smallest absolute Gasteiger partial charge is 0.0701 e. The van der Waals surface area contributed by atoms with Gasteiger partial charge in [-0.05, 0) is 6.42 Å². The molecule has 0 amide bonds. The molecule has 0 bridgehead atoms. The topological polar surface area (TPSA) is 164 Å². The van der Waals surface area contributed by atoms with Crippen LogP contribution in [0.3, 0.4) is 0 Å². The summed E-state index contributed by atoms with van der Waals surface area (Å²) in [6.45, 7) is 19.0. The van der Waals surface area contributed by atoms with Gasteiger partial charge in [0.05, 0.1) is 192 Å². The van der Waals surface area contributed by atoms with Crippen LogP contribution in [0.15, 0.2) is 0 Å². The van der Waals surface area contributed by atoms with E-state index in [2.05, 4.69) is 6.92 Å². The fourth-order valence-electron chi connectivity index (χ4n) is 4.96. The maximum Gasteiger partial charge on any atom is 0.0701 e. The van der Waals surface area contributed by atoms with Crippen LogP contribution in [0.4, 0.5) is 0 Å². The molecule has 0 aromatic heterocycles. The van der Waals surface area contributed by atoms with Gasteiger partial charge >= 0.3 is 0 Å². The molecule has 0 saturated heterocycles. The van der Waals surface area contributed by atoms with E-state index < -0.39 is 0 Å². The zero-order valence-corrected chi connectivity index (χ0v) is 36.7. The van der Waals surface area contributed by atoms with Crippen molar-refractivity contribution < 1.29 is 71.1 Å². The van der Waals surface area contributed by atoms with Gasteiger partial charge in [0, 0.05) is 13.2 Å². The van der Waals surface area contributed by atoms with Crippen molar-refractivity contribution in [3.05, 3.63) is 0 Å². The standard InChI is InChI=1S/C42H87NO15/c1-2-3-4-5-6-7-8-9-10-11-13-44-15-17-46-19-21-48-23-25-50-27-29-52-31-33-54-35-37-56-39-41-58-42-40-57-38-36-55-34-32-53-30-28-51-26-24-49-22-20-47-18-16-45-14-12-43/h2-43H2,1H3. The van der Waals surface area contributed by atoms with E-state index in [1.54, 1.807) is 0 Å². The number of hydrogen-bond acceptors (Lipinski definition) is 16. The van der Waals surface area contributed by atoms with Crippen molar-refractivity contribution in [1.82, 2.24) is 0 Å². The summed E-state index contributed by atoms with van der Waals surface area (Å²) in [7, 11) is 0. The van der Waals surface area contributed by atoms with Gasteiger partial charge in [-0.3, -0.25) is 0 Å². The maximum atomic E-state index is 5.66. The minimum Gasteiger partial charge on any atom is -0.379 e. The van der Waals surface area contributed by atoms with Gasteiger partial charge in [0.1, 0.15) is 0 Å². The van der Waals surface area contributed by atoms with E-state index >= 15 is 0 Å². The lowest BCUT2D eigenvalue weighted by molar-refractivity contribution is -0.0300. The Balaban J connectivity index is 3.05. The van der Waals surface area contributed by atoms with Gasteiger partial charge < -0.3 is 76.8 Å². The maximum absolute atomic E-state index is 5.66. The molecule has 0 aliphatic rings. The Bertz CT molecular complexity index is 649. The Hall–Kier alpha value is -0.640. The Morgan fingerprint density at radius 2 is 0.345 bits per heavy atom. The highest BCUT2D eigenvalue weighted by Gasteiger charge is 1.98. The predicted octanol–water partition coefficient (Wildman–Crippen LogP) is 4.12. The van der Waals surface area contributed by atoms with Crippen LogP contribution >= 0.6 is 0 Å². The average molecular weight is 846 g/mol. The Kier molecular flexibility index (Phi) is 55.7. The summed E-state index contributed by atoms with van der Waals surface area (Å²) in [6.07, 6.45) is 13.4. The highest BCUT2D eigenvalue weighted by molar-refractivity contribution is 4.48. The first-order valence-electron chi connectivity index (χ1n) is 22.3. The summed E-state index contributed by atoms with van der Waals surface area (Å²) >= 11 is 0. The molecule has 58 heavy (non-hydrogen) atoms. The summed E-state index contributed by atoms with van der Waals surface area (Å²) in [5.41, 5.74) is 5.34. The van der Waals surface area contributed by atoms with E-state index in [1.807, 2.05) is 0 Å². The third kappa shape index (κ3) is 55.4. The first-order chi connectivity index (χ1) is 28.9. The molecular weight excluding hydrogens is 758 g/mol. The largest absolute Gasteiger partial charge is 0.379 e. The van der Waals surface area contributed by atoms with Crippen LogP contribution in [0.25, 0.3) is 0 Å². The number of rotatable bonds is 55. The number of hydrogen-bond donors (Lipinski definition) is 1. The van der Waals surface area contributed by atoms with Crippen molar-refractivity contribution in [2.45, 2.75) is 71.1 Å². The van der Waals surface area contributed by atoms with Crippen molar-refractivity contribution in [1.29, 1.82) is 0 Å². The molecule has 0 fully saturated rings. The van der Waals surface area contributed by atoms with E-state index in [9.17, 15) is 0 Å². The van der Waals surface area contributed by atoms with Crippen LogP contribution < -0.4 is 5.73 Å². The molecule has 0 spiro atoms. The van der Waals surface area contributed by atoms with E-state index in [0.29, 0.717) is 198 Å². The highest BCUT2D eigenvalue weighted by Crippen LogP contribution is 2.10. The van der Waals surface area contributed by atoms with Crippen LogP contribution in [0.1, 0.15) is 71.1 Å². The summed E-state index contributed by atoms with van der Waals surface area (Å²) in [4.78, 5) is 0. The van der Waals surface area contributed by atoms with E-state index in [0.717, 1.165) is 13.0 Å². The van der Waals surface area contributed by atoms with Crippen molar-refractivity contribution in [2.24, 2.45) is 5.73 Å². The second-order valence-corrected chi connectivity index (χ2v) is 13.2. The van der Waals surface area contributed by atoms with Crippen molar-refractivity contribution in [3.63, 3.8) is 0 Å². The molecule has 0 unspecified atom stereocenters. The summed E-state index contributed by atoms with van der Waals surface area (Å²) in [6, 6.07) is 0. The average Bonchev–Trinajstić information content (AvgIpc) is 3.23. The van der Waals surface area contributed by atoms with Crippen molar-refractivity contribution in [3.8, 4) is 0 Å². The van der Waals surface area contributed by atoms with E-state index in [-0.39, 0.29) is 0 Å². The first-order valence-corrected chi connectivity index (χ1v) is 22.3. The summed E-state index contributed by atoms with van der Waals surface area (Å²) < 4.78 is 82.3. The minimum atomic E-state index is 0.506. The van der Waals surface area contributed by atoms with Gasteiger partial charge in [-0.15, -0.1) is 0 Å². The zero-order valence-electron chi connectivity index (χ0n) is 36.7. The van der Waals surface area contributed by atoms with Gasteiger partial charge in [0.25, 0.3) is 0 Å². The van der Waals surface area contributed by atoms with Crippen LogP contribution in [-0.2, 0) is 71.1 Å². The molecule has 0 aromatic rings. The first kappa shape index (κ1) is 57.4. The number of ether oxygens (including phenoxy) is 15. The zero-order chi connectivity index (χ0) is 41.6. The number of unbranched alkanes of at least 4 members (excludes halogenated alkanes) is 9. The lowest BCUT2D eigenvalue weighted by Crippen LogP contribution is -2.16. The predicted molar refractivity (Wildman–Crippen MR) is 223 cm³/mol. The molecule has 0 atom stereocenters. The SMILES string of the molecule is CCCCCCCCCCCCOCCOCCOCCOCCOCCOCCOCCOCCOCCOCCOCCOCCOCCOCCOCCN. The third-order valence-corrected chi connectivity index (χ3v) is 8.11. The third-order valence-electron chi connectivity index (χ3n) is 8.11. The lowest BCUT2D eigenvalue weighted by atomic mass is 10.1. The van der Waals surface area contributed by atoms with Gasteiger partial charge in [0.15, 0.2) is 0 Å². The van der Waals surface area contributed by atoms with E-state index in [1.165, 1.54) is 57.8 Å². The van der Waals surface area contributed by atoms with Gasteiger partial charge in [-0.25, -0.2) is 0 Å². The van der Waals surface area contributed by atoms with Crippen LogP contribution in [-0.4, -0.2) is 205 Å². The van der Waals surface area contributed by atoms with Crippen molar-refractivity contribution in [2.75, 3.05) is 205 Å². The van der Waals surface area contributed by atoms with Gasteiger partial charge in [-0.2, -0.15) is 0 Å². The second kappa shape index (κ2) is 56.4. The molecule has 16 nitrogen and oxygen atoms in total. The Labute approximate surface area is 352 Å². The molecular formula is C42H87NO15. The molecule has 0 aliphatic heterocycles. The Morgan fingerprint density at radius 1 is 0.190 bits per heavy atom. The second-order valence-electron chi connectivity index (χ2n) is 13.2. The fraction of sp³-hybridized carbons (Fsp3) is 1.00. The summed E-state index contributed by atoms with van der Waals surface area (Å²) in [5.74, 6) is 0. The molecule has 0 saturated carbocycles. The van der Waals surface area contributed by atoms with E-state index in [4.69, 9.17) is 76.8 Å². The molecule has 0 aromatic carbocycles. The summed E-state index contributed by atoms with van der Waals surface area (Å²) in [5, 5.41) is 0. The van der Waals surface area contributed by atoms with Crippen LogP contribution in [0, 0.1) is 0 Å². The molecule has 350 valence electrons. The molecule has 0 rings (SSSR count). The Morgan fingerprint density at radius 3 is 0.534 bits per heavy atom. The van der Waals surface area contributed by atoms with Crippen LogP contribution in [0.2, 0.25) is 0 Å². The van der Waals surface area contributed by atoms with Crippen molar-refractivity contribution >= 4 is 0 Å². The number of nitrogens with two attached hydrogens (primary N) is 1. The monoisotopic (exact) mass is 846 g/mol. The molecule has 16 heteroatoms. The molecule has 2 N–H and O–H groups in total. The van der Waals surface area contributed by atoms with Crippen LogP contribution in [0.5, 0.6) is 0 Å². The highest BCUT2D eigenvalue weighted by atomic mass is 16.6. The quantitative estimate of drug-likeness (QED) is 0.0870. The molecule has 0 heterocycles. The minimum absolute atomic E-state index is 0.506. The molecule has 0 aliphatic carbocycles. The molecule has 0 radical (unpaired) electrons. The fourth-order valence-corrected chi connectivity index (χ4v) is 4.96. The van der Waals surface area contributed by atoms with Gasteiger partial charge in [-0.1, -0.05) is 64.7 Å².